The number of hydrogen-bond donors (Lipinski definition) is 0. The summed E-state index contributed by atoms with van der Waals surface area (Å²) in [7, 11) is 0. The van der Waals surface area contributed by atoms with Crippen LogP contribution in [0, 0.1) is 11.8 Å². The summed E-state index contributed by atoms with van der Waals surface area (Å²) in [5.74, 6) is 2.59. The highest BCUT2D eigenvalue weighted by Crippen LogP contribution is 2.40. The molecule has 2 aromatic carbocycles. The van der Waals surface area contributed by atoms with E-state index in [1.807, 2.05) is 36.4 Å². The molecule has 0 heterocycles. The highest BCUT2D eigenvalue weighted by molar-refractivity contribution is 5.28. The molecule has 0 N–H and O–H groups in total. The van der Waals surface area contributed by atoms with Gasteiger partial charge in [0.2, 0.25) is 6.17 Å². The Balaban J connectivity index is 1.30. The van der Waals surface area contributed by atoms with Crippen LogP contribution < -0.4 is 0 Å². The van der Waals surface area contributed by atoms with E-state index < -0.39 is 12.3 Å². The van der Waals surface area contributed by atoms with Crippen molar-refractivity contribution in [3.63, 3.8) is 0 Å². The summed E-state index contributed by atoms with van der Waals surface area (Å²) in [4.78, 5) is 0. The van der Waals surface area contributed by atoms with Crippen LogP contribution in [0.4, 0.5) is 13.2 Å². The maximum atomic E-state index is 14.7. The largest absolute Gasteiger partial charge is 0.391 e. The first-order valence-corrected chi connectivity index (χ1v) is 13.2. The predicted octanol–water partition coefficient (Wildman–Crippen LogP) is 9.48. The molecule has 0 saturated heterocycles. The number of hydrogen-bond acceptors (Lipinski definition) is 1. The molecule has 2 aromatic rings. The highest BCUT2D eigenvalue weighted by Gasteiger charge is 2.42. The molecule has 2 aliphatic carbocycles. The zero-order chi connectivity index (χ0) is 24.1. The molecule has 1 atom stereocenters. The zero-order valence-corrected chi connectivity index (χ0v) is 20.6. The van der Waals surface area contributed by atoms with Gasteiger partial charge in [0, 0.05) is 0 Å². The van der Waals surface area contributed by atoms with Crippen LogP contribution in [0.25, 0.3) is 0 Å². The summed E-state index contributed by atoms with van der Waals surface area (Å²) in [6, 6.07) is 14.3. The minimum absolute atomic E-state index is 0.0315. The van der Waals surface area contributed by atoms with Crippen LogP contribution in [-0.4, -0.2) is 6.11 Å². The monoisotopic (exact) mass is 472 g/mol. The first-order chi connectivity index (χ1) is 16.4. The molecule has 0 amide bonds. The van der Waals surface area contributed by atoms with Gasteiger partial charge in [-0.05, 0) is 84.5 Å². The van der Waals surface area contributed by atoms with Crippen LogP contribution in [0.15, 0.2) is 48.5 Å². The summed E-state index contributed by atoms with van der Waals surface area (Å²) in [5.41, 5.74) is 2.99. The number of halogens is 3. The van der Waals surface area contributed by atoms with Gasteiger partial charge >= 0.3 is 6.11 Å². The fourth-order valence-electron chi connectivity index (χ4n) is 5.77. The van der Waals surface area contributed by atoms with Gasteiger partial charge in [-0.15, -0.1) is 0 Å². The first kappa shape index (κ1) is 25.3. The van der Waals surface area contributed by atoms with Crippen LogP contribution >= 0.6 is 0 Å². The van der Waals surface area contributed by atoms with Crippen molar-refractivity contribution in [1.82, 2.24) is 0 Å². The van der Waals surface area contributed by atoms with Crippen molar-refractivity contribution in [2.24, 2.45) is 11.8 Å². The zero-order valence-electron chi connectivity index (χ0n) is 20.6. The lowest BCUT2D eigenvalue weighted by molar-refractivity contribution is -0.282. The molecule has 0 spiro atoms. The van der Waals surface area contributed by atoms with Crippen LogP contribution in [0.2, 0.25) is 0 Å². The number of rotatable bonds is 8. The topological polar surface area (TPSA) is 9.23 Å². The Morgan fingerprint density at radius 2 is 1.29 bits per heavy atom. The van der Waals surface area contributed by atoms with Gasteiger partial charge < -0.3 is 4.74 Å². The van der Waals surface area contributed by atoms with Crippen molar-refractivity contribution in [3.05, 3.63) is 70.8 Å². The Hall–Kier alpha value is -1.81. The van der Waals surface area contributed by atoms with Gasteiger partial charge in [0.25, 0.3) is 0 Å². The second kappa shape index (κ2) is 11.3. The summed E-state index contributed by atoms with van der Waals surface area (Å²) in [5, 5.41) is 0. The fourth-order valence-corrected chi connectivity index (χ4v) is 5.77. The lowest BCUT2D eigenvalue weighted by Gasteiger charge is -2.28. The molecule has 2 saturated carbocycles. The molecule has 34 heavy (non-hydrogen) atoms. The van der Waals surface area contributed by atoms with Gasteiger partial charge in [-0.3, -0.25) is 0 Å². The summed E-state index contributed by atoms with van der Waals surface area (Å²) in [6.45, 7) is 4.21. The second-order valence-corrected chi connectivity index (χ2v) is 10.7. The lowest BCUT2D eigenvalue weighted by atomic mass is 9.78. The van der Waals surface area contributed by atoms with E-state index in [0.29, 0.717) is 17.4 Å². The molecule has 2 fully saturated rings. The molecule has 186 valence electrons. The Kier molecular flexibility index (Phi) is 8.39. The third kappa shape index (κ3) is 6.24. The molecule has 1 nitrogen and oxygen atoms in total. The van der Waals surface area contributed by atoms with E-state index >= 15 is 0 Å². The minimum Gasteiger partial charge on any atom is -0.313 e. The van der Waals surface area contributed by atoms with E-state index in [9.17, 15) is 13.2 Å². The van der Waals surface area contributed by atoms with E-state index in [-0.39, 0.29) is 12.2 Å². The smallest absolute Gasteiger partial charge is 0.313 e. The Labute approximate surface area is 203 Å². The SMILES string of the molecule is CCC1CCC(c2ccc(COC(F)(F)C(F)c3ccc(C4CCC(C)CC4)cc3)cc2)CC1. The van der Waals surface area contributed by atoms with Crippen LogP contribution in [0.5, 0.6) is 0 Å². The highest BCUT2D eigenvalue weighted by atomic mass is 19.3. The predicted molar refractivity (Wildman–Crippen MR) is 132 cm³/mol. The van der Waals surface area contributed by atoms with E-state index in [1.54, 1.807) is 0 Å². The van der Waals surface area contributed by atoms with Crippen molar-refractivity contribution >= 4 is 0 Å². The molecular formula is C30H39F3O. The Bertz CT molecular complexity index is 876. The molecular weight excluding hydrogens is 433 g/mol. The quantitative estimate of drug-likeness (QED) is 0.372. The van der Waals surface area contributed by atoms with Gasteiger partial charge in [0.1, 0.15) is 0 Å². The molecule has 0 aliphatic heterocycles. The van der Waals surface area contributed by atoms with Crippen molar-refractivity contribution in [2.45, 2.75) is 102 Å². The number of benzene rings is 2. The van der Waals surface area contributed by atoms with Gasteiger partial charge in [-0.2, -0.15) is 8.78 Å². The molecule has 0 radical (unpaired) electrons. The standard InChI is InChI=1S/C30H39F3O/c1-3-22-6-12-25(13-7-22)26-14-8-23(9-15-26)20-34-30(32,33)29(31)28-18-16-27(17-19-28)24-10-4-21(2)5-11-24/h8-9,14-19,21-22,24-25,29H,3-7,10-13,20H2,1-2H3. The second-order valence-electron chi connectivity index (χ2n) is 10.7. The van der Waals surface area contributed by atoms with Crippen molar-refractivity contribution in [3.8, 4) is 0 Å². The third-order valence-corrected chi connectivity index (χ3v) is 8.32. The maximum Gasteiger partial charge on any atom is 0.391 e. The normalized spacial score (nSPS) is 26.9. The summed E-state index contributed by atoms with van der Waals surface area (Å²) >= 11 is 0. The van der Waals surface area contributed by atoms with Crippen LogP contribution in [-0.2, 0) is 11.3 Å². The van der Waals surface area contributed by atoms with Crippen molar-refractivity contribution in [1.29, 1.82) is 0 Å². The Morgan fingerprint density at radius 3 is 1.82 bits per heavy atom. The average molecular weight is 473 g/mol. The van der Waals surface area contributed by atoms with E-state index in [0.717, 1.165) is 30.2 Å². The molecule has 0 bridgehead atoms. The summed E-state index contributed by atoms with van der Waals surface area (Å²) < 4.78 is 48.6. The van der Waals surface area contributed by atoms with Gasteiger partial charge in [0.05, 0.1) is 6.61 Å². The third-order valence-electron chi connectivity index (χ3n) is 8.32. The van der Waals surface area contributed by atoms with Crippen LogP contribution in [0.1, 0.15) is 112 Å². The first-order valence-electron chi connectivity index (χ1n) is 13.2. The van der Waals surface area contributed by atoms with Gasteiger partial charge in [-0.1, -0.05) is 81.6 Å². The van der Waals surface area contributed by atoms with Gasteiger partial charge in [0.15, 0.2) is 0 Å². The van der Waals surface area contributed by atoms with E-state index in [4.69, 9.17) is 4.74 Å². The fraction of sp³-hybridized carbons (Fsp3) is 0.600. The average Bonchev–Trinajstić information content (AvgIpc) is 2.88. The van der Waals surface area contributed by atoms with Gasteiger partial charge in [-0.25, -0.2) is 4.39 Å². The maximum absolute atomic E-state index is 14.7. The molecule has 0 aromatic heterocycles. The van der Waals surface area contributed by atoms with E-state index in [1.165, 1.54) is 62.6 Å². The van der Waals surface area contributed by atoms with E-state index in [2.05, 4.69) is 13.8 Å². The number of ether oxygens (including phenoxy) is 1. The van der Waals surface area contributed by atoms with Crippen LogP contribution in [0.3, 0.4) is 0 Å². The lowest BCUT2D eigenvalue weighted by Crippen LogP contribution is -2.27. The molecule has 4 rings (SSSR count). The molecule has 1 unspecified atom stereocenters. The molecule has 4 heteroatoms. The number of alkyl halides is 3. The van der Waals surface area contributed by atoms with Crippen molar-refractivity contribution in [2.75, 3.05) is 0 Å². The van der Waals surface area contributed by atoms with Crippen molar-refractivity contribution < 1.29 is 17.9 Å². The molecule has 2 aliphatic rings. The summed E-state index contributed by atoms with van der Waals surface area (Å²) in [6.07, 6.45) is 4.37. The minimum atomic E-state index is -3.88. The Morgan fingerprint density at radius 1 is 0.794 bits per heavy atom.